The number of hydrogen-bond donors (Lipinski definition) is 0. The van der Waals surface area contributed by atoms with Crippen LogP contribution in [0.2, 0.25) is 0 Å². The highest BCUT2D eigenvalue weighted by Crippen LogP contribution is 2.37. The van der Waals surface area contributed by atoms with Crippen LogP contribution in [0.3, 0.4) is 0 Å². The van der Waals surface area contributed by atoms with Crippen LogP contribution >= 0.6 is 0 Å². The highest BCUT2D eigenvalue weighted by atomic mass is 17.3. The molecular formula is C14H11NO2. The lowest BCUT2D eigenvalue weighted by molar-refractivity contribution is -0.273. The second-order valence-corrected chi connectivity index (χ2v) is 3.80. The lowest BCUT2D eigenvalue weighted by Gasteiger charge is -2.09. The molecule has 0 aromatic heterocycles. The molecule has 3 heteroatoms. The molecule has 17 heavy (non-hydrogen) atoms. The van der Waals surface area contributed by atoms with Crippen LogP contribution in [-0.2, 0) is 9.88 Å². The monoisotopic (exact) mass is 225 g/mol. The van der Waals surface area contributed by atoms with Gasteiger partial charge >= 0.3 is 0 Å². The predicted molar refractivity (Wildman–Crippen MR) is 67.1 cm³/mol. The van der Waals surface area contributed by atoms with Gasteiger partial charge in [0.2, 0.25) is 0 Å². The highest BCUT2D eigenvalue weighted by molar-refractivity contribution is 6.25. The van der Waals surface area contributed by atoms with Crippen LogP contribution in [0.1, 0.15) is 11.1 Å². The van der Waals surface area contributed by atoms with Crippen LogP contribution in [0.5, 0.6) is 0 Å². The second-order valence-electron chi connectivity index (χ2n) is 3.80. The average Bonchev–Trinajstić information content (AvgIpc) is 2.75. The van der Waals surface area contributed by atoms with Crippen LogP contribution in [0, 0.1) is 0 Å². The maximum Gasteiger partial charge on any atom is 0.114 e. The summed E-state index contributed by atoms with van der Waals surface area (Å²) in [6, 6.07) is 8.27. The molecule has 0 spiro atoms. The van der Waals surface area contributed by atoms with Crippen molar-refractivity contribution in [2.24, 2.45) is 5.16 Å². The molecule has 0 unspecified atom stereocenters. The molecule has 0 aliphatic heterocycles. The molecule has 0 radical (unpaired) electrons. The summed E-state index contributed by atoms with van der Waals surface area (Å²) in [7, 11) is 1.44. The van der Waals surface area contributed by atoms with Crippen LogP contribution in [0.15, 0.2) is 53.2 Å². The third-order valence-electron chi connectivity index (χ3n) is 2.84. The van der Waals surface area contributed by atoms with E-state index in [1.807, 2.05) is 24.3 Å². The van der Waals surface area contributed by atoms with E-state index in [2.05, 4.69) is 39.3 Å². The topological polar surface area (TPSA) is 30.8 Å². The van der Waals surface area contributed by atoms with Gasteiger partial charge < -0.3 is 0 Å². The van der Waals surface area contributed by atoms with Gasteiger partial charge in [0.1, 0.15) is 5.71 Å². The molecule has 3 rings (SSSR count). The van der Waals surface area contributed by atoms with E-state index >= 15 is 0 Å². The Morgan fingerprint density at radius 1 is 1.12 bits per heavy atom. The lowest BCUT2D eigenvalue weighted by atomic mass is 9.96. The molecule has 0 heterocycles. The molecule has 0 amide bonds. The smallest absolute Gasteiger partial charge is 0.114 e. The van der Waals surface area contributed by atoms with Gasteiger partial charge in [-0.1, -0.05) is 36.4 Å². The van der Waals surface area contributed by atoms with E-state index in [1.165, 1.54) is 23.8 Å². The number of allylic oxidation sites excluding steroid dienone is 5. The summed E-state index contributed by atoms with van der Waals surface area (Å²) in [4.78, 5) is 9.15. The molecule has 0 saturated carbocycles. The highest BCUT2D eigenvalue weighted by Gasteiger charge is 2.23. The zero-order valence-electron chi connectivity index (χ0n) is 9.38. The zero-order chi connectivity index (χ0) is 11.7. The summed E-state index contributed by atoms with van der Waals surface area (Å²) in [5.41, 5.74) is 5.48. The van der Waals surface area contributed by atoms with Crippen LogP contribution < -0.4 is 0 Å². The van der Waals surface area contributed by atoms with Crippen LogP contribution in [-0.4, -0.2) is 12.8 Å². The summed E-state index contributed by atoms with van der Waals surface area (Å²) in [5, 5.41) is 3.93. The van der Waals surface area contributed by atoms with Crippen molar-refractivity contribution in [1.29, 1.82) is 0 Å². The first-order chi connectivity index (χ1) is 8.40. The fraction of sp³-hybridized carbons (Fsp3) is 0.0714. The van der Waals surface area contributed by atoms with Gasteiger partial charge in [-0.15, -0.1) is 0 Å². The number of nitrogens with zero attached hydrogens (tertiary/aromatic N) is 1. The van der Waals surface area contributed by atoms with Gasteiger partial charge in [0.15, 0.2) is 0 Å². The first kappa shape index (κ1) is 10.1. The Hall–Kier alpha value is -2.13. The van der Waals surface area contributed by atoms with E-state index in [-0.39, 0.29) is 0 Å². The minimum atomic E-state index is 0.778. The normalized spacial score (nSPS) is 18.5. The summed E-state index contributed by atoms with van der Waals surface area (Å²) in [6.07, 6.45) is 8.07. The summed E-state index contributed by atoms with van der Waals surface area (Å²) >= 11 is 0. The summed E-state index contributed by atoms with van der Waals surface area (Å²) in [6.45, 7) is 0. The Morgan fingerprint density at radius 2 is 2.00 bits per heavy atom. The molecule has 84 valence electrons. The third-order valence-corrected chi connectivity index (χ3v) is 2.84. The zero-order valence-corrected chi connectivity index (χ0v) is 9.38. The van der Waals surface area contributed by atoms with E-state index in [1.54, 1.807) is 0 Å². The second kappa shape index (κ2) is 4.03. The SMILES string of the molecule is COON=C1C=CC=C2C1=Cc1ccccc12. The molecule has 2 aliphatic rings. The largest absolute Gasteiger partial charge is 0.220 e. The van der Waals surface area contributed by atoms with Crippen molar-refractivity contribution < 1.29 is 9.88 Å². The molecule has 1 aromatic rings. The van der Waals surface area contributed by atoms with Gasteiger partial charge in [0.25, 0.3) is 0 Å². The Labute approximate surface area is 99.3 Å². The van der Waals surface area contributed by atoms with Crippen molar-refractivity contribution in [2.75, 3.05) is 7.11 Å². The number of benzene rings is 1. The Balaban J connectivity index is 2.07. The van der Waals surface area contributed by atoms with Gasteiger partial charge in [-0.05, 0) is 34.0 Å². The number of hydrogen-bond acceptors (Lipinski definition) is 3. The van der Waals surface area contributed by atoms with Crippen molar-refractivity contribution in [3.05, 3.63) is 59.2 Å². The number of fused-ring (bicyclic) bond motifs is 3. The van der Waals surface area contributed by atoms with Crippen LogP contribution in [0.4, 0.5) is 0 Å². The number of rotatable bonds is 2. The van der Waals surface area contributed by atoms with Gasteiger partial charge in [0, 0.05) is 5.57 Å². The lowest BCUT2D eigenvalue weighted by Crippen LogP contribution is -2.03. The van der Waals surface area contributed by atoms with Gasteiger partial charge in [0.05, 0.1) is 7.11 Å². The molecule has 3 nitrogen and oxygen atoms in total. The van der Waals surface area contributed by atoms with E-state index in [0.29, 0.717) is 0 Å². The molecule has 2 aliphatic carbocycles. The van der Waals surface area contributed by atoms with Crippen molar-refractivity contribution in [3.8, 4) is 0 Å². The molecular weight excluding hydrogens is 214 g/mol. The minimum absolute atomic E-state index is 0.778. The van der Waals surface area contributed by atoms with E-state index in [0.717, 1.165) is 11.3 Å². The maximum atomic E-state index is 4.65. The quantitative estimate of drug-likeness (QED) is 0.572. The molecule has 0 saturated heterocycles. The van der Waals surface area contributed by atoms with Crippen molar-refractivity contribution in [1.82, 2.24) is 0 Å². The summed E-state index contributed by atoms with van der Waals surface area (Å²) in [5.74, 6) is 0. The molecule has 0 atom stereocenters. The Bertz CT molecular complexity index is 580. The summed E-state index contributed by atoms with van der Waals surface area (Å²) < 4.78 is 0. The average molecular weight is 225 g/mol. The standard InChI is InChI=1S/C14H11NO2/c1-16-17-15-14-8-4-7-12-11-6-3-2-5-10(11)9-13(12)14/h2-9H,1H3. The minimum Gasteiger partial charge on any atom is -0.220 e. The third kappa shape index (κ3) is 1.61. The van der Waals surface area contributed by atoms with Crippen molar-refractivity contribution >= 4 is 17.4 Å². The Kier molecular flexibility index (Phi) is 2.38. The first-order valence-corrected chi connectivity index (χ1v) is 5.38. The van der Waals surface area contributed by atoms with Crippen molar-refractivity contribution in [3.63, 3.8) is 0 Å². The predicted octanol–water partition coefficient (Wildman–Crippen LogP) is 2.97. The number of oxime groups is 1. The fourth-order valence-electron chi connectivity index (χ4n) is 2.12. The van der Waals surface area contributed by atoms with E-state index < -0.39 is 0 Å². The van der Waals surface area contributed by atoms with Gasteiger partial charge in [-0.2, -0.15) is 4.89 Å². The van der Waals surface area contributed by atoms with Gasteiger partial charge in [-0.3, -0.25) is 0 Å². The van der Waals surface area contributed by atoms with Crippen molar-refractivity contribution in [2.45, 2.75) is 0 Å². The molecule has 1 aromatic carbocycles. The molecule has 0 fully saturated rings. The first-order valence-electron chi connectivity index (χ1n) is 5.38. The molecule has 0 N–H and O–H groups in total. The fourth-order valence-corrected chi connectivity index (χ4v) is 2.12. The van der Waals surface area contributed by atoms with E-state index in [4.69, 9.17) is 0 Å². The Morgan fingerprint density at radius 3 is 2.88 bits per heavy atom. The van der Waals surface area contributed by atoms with E-state index in [9.17, 15) is 0 Å². The molecule has 0 bridgehead atoms. The maximum absolute atomic E-state index is 4.65. The van der Waals surface area contributed by atoms with Crippen LogP contribution in [0.25, 0.3) is 11.6 Å². The van der Waals surface area contributed by atoms with Gasteiger partial charge in [-0.25, -0.2) is 4.99 Å².